The quantitative estimate of drug-likeness (QED) is 0.807. The van der Waals surface area contributed by atoms with E-state index in [1.807, 2.05) is 19.1 Å². The van der Waals surface area contributed by atoms with Crippen molar-refractivity contribution in [3.63, 3.8) is 0 Å². The maximum atomic E-state index is 11.3. The first-order valence-electron chi connectivity index (χ1n) is 6.66. The summed E-state index contributed by atoms with van der Waals surface area (Å²) in [5.74, 6) is 0. The zero-order valence-corrected chi connectivity index (χ0v) is 13.1. The van der Waals surface area contributed by atoms with E-state index >= 15 is 0 Å². The first kappa shape index (κ1) is 15.5. The molecule has 21 heavy (non-hydrogen) atoms. The molecule has 0 bridgehead atoms. The normalized spacial score (nSPS) is 10.8. The van der Waals surface area contributed by atoms with Crippen molar-refractivity contribution in [2.45, 2.75) is 30.4 Å². The van der Waals surface area contributed by atoms with Crippen LogP contribution in [0.1, 0.15) is 18.1 Å². The average Bonchev–Trinajstić information content (AvgIpc) is 2.45. The summed E-state index contributed by atoms with van der Waals surface area (Å²) in [5, 5.41) is 6.18. The molecule has 0 aliphatic rings. The van der Waals surface area contributed by atoms with Gasteiger partial charge in [-0.05, 0) is 42.4 Å². The Labute approximate surface area is 126 Å². The average molecular weight is 306 g/mol. The lowest BCUT2D eigenvalue weighted by Gasteiger charge is -2.10. The Bertz CT molecular complexity index is 751. The molecule has 0 amide bonds. The van der Waals surface area contributed by atoms with E-state index in [2.05, 4.69) is 28.4 Å². The fraction of sp³-hybridized carbons (Fsp3) is 0.357. The van der Waals surface area contributed by atoms with Crippen LogP contribution in [0, 0.1) is 6.92 Å². The molecular formula is C14H18N4O2S. The number of rotatable bonds is 5. The van der Waals surface area contributed by atoms with E-state index in [9.17, 15) is 9.59 Å². The SMILES string of the molecule is CCNCc1ccc(Sc2nc(=O)c(=O)[nH]n2C)c(C)c1. The molecular weight excluding hydrogens is 288 g/mol. The lowest BCUT2D eigenvalue weighted by molar-refractivity contribution is 0.596. The van der Waals surface area contributed by atoms with Gasteiger partial charge >= 0.3 is 11.1 Å². The van der Waals surface area contributed by atoms with Crippen molar-refractivity contribution in [1.82, 2.24) is 20.1 Å². The van der Waals surface area contributed by atoms with Gasteiger partial charge in [0.25, 0.3) is 0 Å². The van der Waals surface area contributed by atoms with Gasteiger partial charge in [0.1, 0.15) is 0 Å². The number of hydrogen-bond donors (Lipinski definition) is 2. The van der Waals surface area contributed by atoms with Crippen LogP contribution in [-0.2, 0) is 13.6 Å². The lowest BCUT2D eigenvalue weighted by atomic mass is 10.1. The molecule has 0 saturated heterocycles. The lowest BCUT2D eigenvalue weighted by Crippen LogP contribution is -2.33. The van der Waals surface area contributed by atoms with Crippen molar-refractivity contribution in [3.8, 4) is 0 Å². The van der Waals surface area contributed by atoms with Gasteiger partial charge in [-0.15, -0.1) is 0 Å². The van der Waals surface area contributed by atoms with E-state index in [1.165, 1.54) is 22.0 Å². The summed E-state index contributed by atoms with van der Waals surface area (Å²) < 4.78 is 1.46. The highest BCUT2D eigenvalue weighted by Crippen LogP contribution is 2.28. The first-order chi connectivity index (χ1) is 10.0. The zero-order chi connectivity index (χ0) is 15.4. The van der Waals surface area contributed by atoms with Crippen molar-refractivity contribution in [1.29, 1.82) is 0 Å². The van der Waals surface area contributed by atoms with Gasteiger partial charge in [-0.1, -0.05) is 19.1 Å². The van der Waals surface area contributed by atoms with Crippen LogP contribution in [0.25, 0.3) is 0 Å². The summed E-state index contributed by atoms with van der Waals surface area (Å²) in [6, 6.07) is 6.15. The minimum Gasteiger partial charge on any atom is -0.313 e. The molecule has 0 atom stereocenters. The molecule has 0 radical (unpaired) electrons. The van der Waals surface area contributed by atoms with Gasteiger partial charge in [-0.3, -0.25) is 19.4 Å². The Balaban J connectivity index is 2.26. The van der Waals surface area contributed by atoms with E-state index in [4.69, 9.17) is 0 Å². The van der Waals surface area contributed by atoms with Crippen LogP contribution >= 0.6 is 11.8 Å². The van der Waals surface area contributed by atoms with Crippen LogP contribution in [0.5, 0.6) is 0 Å². The minimum atomic E-state index is -0.767. The van der Waals surface area contributed by atoms with Gasteiger partial charge < -0.3 is 5.32 Å². The van der Waals surface area contributed by atoms with Gasteiger partial charge in [-0.2, -0.15) is 4.98 Å². The van der Waals surface area contributed by atoms with E-state index in [-0.39, 0.29) is 0 Å². The predicted octanol–water partition coefficient (Wildman–Crippen LogP) is 1.04. The molecule has 2 aromatic rings. The highest BCUT2D eigenvalue weighted by Gasteiger charge is 2.08. The van der Waals surface area contributed by atoms with E-state index in [0.717, 1.165) is 23.5 Å². The maximum absolute atomic E-state index is 11.3. The summed E-state index contributed by atoms with van der Waals surface area (Å²) in [7, 11) is 1.66. The van der Waals surface area contributed by atoms with Gasteiger partial charge in [0.15, 0.2) is 5.16 Å². The molecule has 0 saturated carbocycles. The van der Waals surface area contributed by atoms with Crippen molar-refractivity contribution in [2.24, 2.45) is 7.05 Å². The Kier molecular flexibility index (Phi) is 4.98. The van der Waals surface area contributed by atoms with Crippen molar-refractivity contribution in [3.05, 3.63) is 50.0 Å². The van der Waals surface area contributed by atoms with Gasteiger partial charge in [0.05, 0.1) is 0 Å². The van der Waals surface area contributed by atoms with Crippen LogP contribution in [0.15, 0.2) is 37.8 Å². The predicted molar refractivity (Wildman–Crippen MR) is 82.8 cm³/mol. The molecule has 0 aliphatic heterocycles. The Hall–Kier alpha value is -1.86. The number of nitrogens with one attached hydrogen (secondary N) is 2. The summed E-state index contributed by atoms with van der Waals surface area (Å²) in [6.07, 6.45) is 0. The van der Waals surface area contributed by atoms with Crippen LogP contribution < -0.4 is 16.4 Å². The topological polar surface area (TPSA) is 79.8 Å². The Morgan fingerprint density at radius 3 is 2.81 bits per heavy atom. The third-order valence-electron chi connectivity index (χ3n) is 2.97. The van der Waals surface area contributed by atoms with Gasteiger partial charge in [0, 0.05) is 18.5 Å². The minimum absolute atomic E-state index is 0.460. The highest BCUT2D eigenvalue weighted by molar-refractivity contribution is 7.99. The Morgan fingerprint density at radius 1 is 1.38 bits per heavy atom. The molecule has 0 aliphatic carbocycles. The summed E-state index contributed by atoms with van der Waals surface area (Å²) in [6.45, 7) is 5.84. The number of aromatic amines is 1. The highest BCUT2D eigenvalue weighted by atomic mass is 32.2. The molecule has 2 rings (SSSR count). The number of hydrogen-bond acceptors (Lipinski definition) is 5. The van der Waals surface area contributed by atoms with Crippen LogP contribution in [0.4, 0.5) is 0 Å². The van der Waals surface area contributed by atoms with Crippen LogP contribution in [0.3, 0.4) is 0 Å². The molecule has 1 aromatic carbocycles. The number of aromatic nitrogens is 3. The van der Waals surface area contributed by atoms with E-state index in [0.29, 0.717) is 5.16 Å². The summed E-state index contributed by atoms with van der Waals surface area (Å²) in [5.41, 5.74) is 0.842. The number of H-pyrrole nitrogens is 1. The standard InChI is InChI=1S/C14H18N4O2S/c1-4-15-8-10-5-6-11(9(2)7-10)21-14-16-12(19)13(20)17-18(14)3/h5-7,15H,4,8H2,1-3H3,(H,17,20). The zero-order valence-electron chi connectivity index (χ0n) is 12.3. The molecule has 0 spiro atoms. The smallest absolute Gasteiger partial charge is 0.313 e. The second kappa shape index (κ2) is 6.73. The van der Waals surface area contributed by atoms with Gasteiger partial charge in [0.2, 0.25) is 0 Å². The summed E-state index contributed by atoms with van der Waals surface area (Å²) >= 11 is 1.36. The maximum Gasteiger partial charge on any atom is 0.339 e. The second-order valence-electron chi connectivity index (χ2n) is 4.68. The largest absolute Gasteiger partial charge is 0.339 e. The van der Waals surface area contributed by atoms with Crippen molar-refractivity contribution < 1.29 is 0 Å². The third-order valence-corrected chi connectivity index (χ3v) is 4.19. The second-order valence-corrected chi connectivity index (χ2v) is 5.69. The fourth-order valence-electron chi connectivity index (χ4n) is 1.86. The fourth-order valence-corrected chi connectivity index (χ4v) is 2.72. The summed E-state index contributed by atoms with van der Waals surface area (Å²) in [4.78, 5) is 27.3. The van der Waals surface area contributed by atoms with Gasteiger partial charge in [-0.25, -0.2) is 0 Å². The molecule has 112 valence electrons. The van der Waals surface area contributed by atoms with Crippen LogP contribution in [-0.4, -0.2) is 21.3 Å². The third kappa shape index (κ3) is 3.83. The molecule has 7 heteroatoms. The van der Waals surface area contributed by atoms with Crippen molar-refractivity contribution >= 4 is 11.8 Å². The number of aryl methyl sites for hydroxylation is 2. The van der Waals surface area contributed by atoms with E-state index < -0.39 is 11.1 Å². The van der Waals surface area contributed by atoms with E-state index in [1.54, 1.807) is 7.05 Å². The Morgan fingerprint density at radius 2 is 2.14 bits per heavy atom. The molecule has 0 fully saturated rings. The van der Waals surface area contributed by atoms with Crippen molar-refractivity contribution in [2.75, 3.05) is 6.54 Å². The number of nitrogens with zero attached hydrogens (tertiary/aromatic N) is 2. The first-order valence-corrected chi connectivity index (χ1v) is 7.48. The molecule has 1 aromatic heterocycles. The molecule has 2 N–H and O–H groups in total. The monoisotopic (exact) mass is 306 g/mol. The molecule has 1 heterocycles. The number of benzene rings is 1. The van der Waals surface area contributed by atoms with Crippen LogP contribution in [0.2, 0.25) is 0 Å². The molecule has 0 unspecified atom stereocenters. The molecule has 6 nitrogen and oxygen atoms in total.